The van der Waals surface area contributed by atoms with Crippen LogP contribution in [-0.2, 0) is 0 Å². The van der Waals surface area contributed by atoms with E-state index in [9.17, 15) is 5.11 Å². The van der Waals surface area contributed by atoms with Crippen LogP contribution < -0.4 is 11.5 Å². The summed E-state index contributed by atoms with van der Waals surface area (Å²) in [5.74, 6) is 0.421. The molecule has 8 heteroatoms. The van der Waals surface area contributed by atoms with Gasteiger partial charge in [-0.2, -0.15) is 0 Å². The zero-order valence-electron chi connectivity index (χ0n) is 22.0. The lowest BCUT2D eigenvalue weighted by atomic mass is 9.69. The smallest absolute Gasteiger partial charge is 0.132 e. The van der Waals surface area contributed by atoms with Crippen molar-refractivity contribution in [2.24, 2.45) is 11.5 Å². The number of aromatic nitrogens is 1. The van der Waals surface area contributed by atoms with Gasteiger partial charge in [-0.15, -0.1) is 11.3 Å². The fraction of sp³-hybridized carbons (Fsp3) is 0.367. The minimum atomic E-state index is -0.529. The molecule has 2 aliphatic rings. The van der Waals surface area contributed by atoms with Gasteiger partial charge in [0, 0.05) is 51.0 Å². The number of rotatable bonds is 9. The maximum atomic E-state index is 10.2. The van der Waals surface area contributed by atoms with Gasteiger partial charge in [0.25, 0.3) is 0 Å². The highest BCUT2D eigenvalue weighted by atomic mass is 32.2. The minimum Gasteiger partial charge on any atom is -0.404 e. The summed E-state index contributed by atoms with van der Waals surface area (Å²) in [7, 11) is 0. The average Bonchev–Trinajstić information content (AvgIpc) is 3.37. The molecule has 0 unspecified atom stereocenters. The van der Waals surface area contributed by atoms with E-state index in [0.717, 1.165) is 82.2 Å². The number of nitrogens with zero attached hydrogens (tertiary/aromatic N) is 3. The molecule has 200 valence electrons. The molecule has 5 rings (SSSR count). The summed E-state index contributed by atoms with van der Waals surface area (Å²) in [4.78, 5) is 11.9. The molecule has 2 heterocycles. The normalized spacial score (nSPS) is 22.3. The zero-order chi connectivity index (χ0) is 26.7. The van der Waals surface area contributed by atoms with Gasteiger partial charge in [-0.3, -0.25) is 4.90 Å². The number of aliphatic hydroxyl groups is 1. The Morgan fingerprint density at radius 2 is 1.79 bits per heavy atom. The number of thiazole rings is 1. The number of thioether (sulfide) groups is 1. The lowest BCUT2D eigenvalue weighted by molar-refractivity contribution is -0.0313. The Bertz CT molecular complexity index is 1270. The molecule has 0 spiro atoms. The van der Waals surface area contributed by atoms with E-state index in [1.54, 1.807) is 29.3 Å². The van der Waals surface area contributed by atoms with E-state index in [2.05, 4.69) is 64.9 Å². The van der Waals surface area contributed by atoms with Gasteiger partial charge in [-0.05, 0) is 36.8 Å². The van der Waals surface area contributed by atoms with Crippen molar-refractivity contribution in [3.63, 3.8) is 0 Å². The van der Waals surface area contributed by atoms with E-state index in [1.807, 2.05) is 13.0 Å². The Hall–Kier alpha value is -2.62. The van der Waals surface area contributed by atoms with E-state index in [0.29, 0.717) is 12.5 Å². The van der Waals surface area contributed by atoms with Crippen molar-refractivity contribution in [3.05, 3.63) is 83.0 Å². The first-order valence-electron chi connectivity index (χ1n) is 13.2. The van der Waals surface area contributed by atoms with Crippen LogP contribution in [0.2, 0.25) is 0 Å². The van der Waals surface area contributed by atoms with Gasteiger partial charge in [0.05, 0.1) is 26.1 Å². The van der Waals surface area contributed by atoms with Gasteiger partial charge < -0.3 is 21.5 Å². The first-order valence-corrected chi connectivity index (χ1v) is 14.9. The van der Waals surface area contributed by atoms with Gasteiger partial charge in [0.2, 0.25) is 0 Å². The van der Waals surface area contributed by atoms with E-state index in [4.69, 9.17) is 16.5 Å². The van der Waals surface area contributed by atoms with Crippen LogP contribution in [-0.4, -0.2) is 64.8 Å². The van der Waals surface area contributed by atoms with Crippen molar-refractivity contribution in [1.29, 1.82) is 0 Å². The summed E-state index contributed by atoms with van der Waals surface area (Å²) in [5, 5.41) is 12.0. The fourth-order valence-electron chi connectivity index (χ4n) is 5.30. The van der Waals surface area contributed by atoms with Crippen LogP contribution >= 0.6 is 23.1 Å². The van der Waals surface area contributed by atoms with E-state index < -0.39 is 5.60 Å². The van der Waals surface area contributed by atoms with Crippen molar-refractivity contribution in [2.45, 2.75) is 31.3 Å². The van der Waals surface area contributed by atoms with Crippen molar-refractivity contribution in [2.75, 3.05) is 39.3 Å². The summed E-state index contributed by atoms with van der Waals surface area (Å²) in [6.07, 6.45) is 3.29. The molecule has 38 heavy (non-hydrogen) atoms. The molecule has 1 aromatic heterocycles. The second kappa shape index (κ2) is 11.6. The third-order valence-corrected chi connectivity index (χ3v) is 9.76. The Morgan fingerprint density at radius 1 is 1.11 bits per heavy atom. The van der Waals surface area contributed by atoms with Gasteiger partial charge in [-0.1, -0.05) is 72.9 Å². The SMILES string of the molecule is C=C(S/C(=C\N)c1nc(-c2ccc(C3CC(C)(O)C3)cc2)c(-c2ccccc2)s1)N1CCN(CCN)CC1. The molecule has 1 saturated heterocycles. The van der Waals surface area contributed by atoms with Crippen LogP contribution in [0.4, 0.5) is 0 Å². The Labute approximate surface area is 234 Å². The maximum Gasteiger partial charge on any atom is 0.132 e. The highest BCUT2D eigenvalue weighted by Crippen LogP contribution is 2.46. The van der Waals surface area contributed by atoms with Crippen molar-refractivity contribution in [3.8, 4) is 21.7 Å². The molecule has 0 amide bonds. The van der Waals surface area contributed by atoms with Crippen LogP contribution in [0, 0.1) is 0 Å². The summed E-state index contributed by atoms with van der Waals surface area (Å²) < 4.78 is 0. The molecule has 2 aromatic carbocycles. The third-order valence-electron chi connectivity index (χ3n) is 7.45. The first kappa shape index (κ1) is 27.0. The molecular weight excluding hydrogens is 510 g/mol. The summed E-state index contributed by atoms with van der Waals surface area (Å²) >= 11 is 3.26. The fourth-order valence-corrected chi connectivity index (χ4v) is 7.33. The van der Waals surface area contributed by atoms with Gasteiger partial charge in [-0.25, -0.2) is 4.98 Å². The number of nitrogens with two attached hydrogens (primary N) is 2. The Balaban J connectivity index is 1.38. The average molecular weight is 548 g/mol. The standard InChI is InChI=1S/C30H37N5OS2/c1-21(35-16-14-34(13-12-31)15-17-35)37-26(20-32)29-33-27(28(38-29)24-6-4-3-5-7-24)23-10-8-22(9-11-23)25-18-30(2,36)19-25/h3-11,20,25,36H,1,12-19,31-32H2,2H3/b26-20-. The van der Waals surface area contributed by atoms with Crippen LogP contribution in [0.15, 0.2) is 72.4 Å². The van der Waals surface area contributed by atoms with Crippen LogP contribution in [0.1, 0.15) is 36.3 Å². The van der Waals surface area contributed by atoms with Crippen LogP contribution in [0.25, 0.3) is 26.6 Å². The zero-order valence-corrected chi connectivity index (χ0v) is 23.6. The molecular formula is C30H37N5OS2. The van der Waals surface area contributed by atoms with Crippen molar-refractivity contribution < 1.29 is 5.11 Å². The van der Waals surface area contributed by atoms with E-state index in [-0.39, 0.29) is 0 Å². The largest absolute Gasteiger partial charge is 0.404 e. The molecule has 3 aromatic rings. The second-order valence-electron chi connectivity index (χ2n) is 10.4. The highest BCUT2D eigenvalue weighted by Gasteiger charge is 2.39. The number of hydrogen-bond donors (Lipinski definition) is 3. The highest BCUT2D eigenvalue weighted by molar-refractivity contribution is 8.11. The molecule has 5 N–H and O–H groups in total. The number of benzene rings is 2. The van der Waals surface area contributed by atoms with Gasteiger partial charge in [0.1, 0.15) is 5.01 Å². The Kier molecular flexibility index (Phi) is 8.26. The topological polar surface area (TPSA) is 91.6 Å². The molecule has 1 aliphatic heterocycles. The quantitative estimate of drug-likeness (QED) is 0.342. The van der Waals surface area contributed by atoms with Crippen LogP contribution in [0.5, 0.6) is 0 Å². The van der Waals surface area contributed by atoms with Crippen LogP contribution in [0.3, 0.4) is 0 Å². The third kappa shape index (κ3) is 6.00. The molecule has 0 bridgehead atoms. The van der Waals surface area contributed by atoms with Crippen molar-refractivity contribution >= 4 is 28.0 Å². The van der Waals surface area contributed by atoms with Gasteiger partial charge in [0.15, 0.2) is 0 Å². The molecule has 6 nitrogen and oxygen atoms in total. The lowest BCUT2D eigenvalue weighted by Crippen LogP contribution is -2.46. The molecule has 2 fully saturated rings. The predicted molar refractivity (Wildman–Crippen MR) is 162 cm³/mol. The van der Waals surface area contributed by atoms with Crippen molar-refractivity contribution in [1.82, 2.24) is 14.8 Å². The summed E-state index contributed by atoms with van der Waals surface area (Å²) in [6, 6.07) is 19.1. The number of hydrogen-bond acceptors (Lipinski definition) is 8. The van der Waals surface area contributed by atoms with Gasteiger partial charge >= 0.3 is 0 Å². The first-order chi connectivity index (χ1) is 18.4. The Morgan fingerprint density at radius 3 is 2.39 bits per heavy atom. The minimum absolute atomic E-state index is 0.421. The molecule has 0 radical (unpaired) electrons. The molecule has 0 atom stereocenters. The maximum absolute atomic E-state index is 10.2. The molecule has 1 saturated carbocycles. The lowest BCUT2D eigenvalue weighted by Gasteiger charge is -2.41. The monoisotopic (exact) mass is 547 g/mol. The van der Waals surface area contributed by atoms with E-state index in [1.165, 1.54) is 5.56 Å². The van der Waals surface area contributed by atoms with E-state index >= 15 is 0 Å². The molecule has 1 aliphatic carbocycles. The second-order valence-corrected chi connectivity index (χ2v) is 12.5. The predicted octanol–water partition coefficient (Wildman–Crippen LogP) is 5.14. The number of piperazine rings is 1. The summed E-state index contributed by atoms with van der Waals surface area (Å²) in [5.41, 5.74) is 15.8. The summed E-state index contributed by atoms with van der Waals surface area (Å²) in [6.45, 7) is 11.8.